The number of nitrogens with one attached hydrogen (secondary N) is 2. The van der Waals surface area contributed by atoms with E-state index in [-0.39, 0.29) is 24.4 Å². The number of methoxy groups -OCH3 is 2. The van der Waals surface area contributed by atoms with E-state index in [2.05, 4.69) is 10.6 Å². The highest BCUT2D eigenvalue weighted by molar-refractivity contribution is 5.84. The van der Waals surface area contributed by atoms with Crippen LogP contribution in [0.5, 0.6) is 11.5 Å². The lowest BCUT2D eigenvalue weighted by Crippen LogP contribution is -2.39. The lowest BCUT2D eigenvalue weighted by molar-refractivity contribution is -0.126. The molecule has 0 fully saturated rings. The summed E-state index contributed by atoms with van der Waals surface area (Å²) in [5, 5.41) is 5.32. The van der Waals surface area contributed by atoms with Gasteiger partial charge in [0.05, 0.1) is 20.8 Å². The Hall–Kier alpha value is -2.24. The Kier molecular flexibility index (Phi) is 7.22. The molecule has 1 rings (SSSR count). The Morgan fingerprint density at radius 3 is 2.36 bits per heavy atom. The molecule has 2 amide bonds. The van der Waals surface area contributed by atoms with Crippen LogP contribution in [0.4, 0.5) is 0 Å². The maximum absolute atomic E-state index is 11.7. The summed E-state index contributed by atoms with van der Waals surface area (Å²) in [6, 6.07) is 5.61. The molecule has 0 aliphatic heterocycles. The van der Waals surface area contributed by atoms with Crippen molar-refractivity contribution in [3.8, 4) is 11.5 Å². The lowest BCUT2D eigenvalue weighted by atomic mass is 10.1. The molecule has 0 unspecified atom stereocenters. The van der Waals surface area contributed by atoms with Crippen molar-refractivity contribution in [3.05, 3.63) is 23.8 Å². The van der Waals surface area contributed by atoms with Crippen molar-refractivity contribution in [2.45, 2.75) is 32.7 Å². The second-order valence-corrected chi connectivity index (χ2v) is 5.19. The molecule has 0 saturated carbocycles. The van der Waals surface area contributed by atoms with Crippen molar-refractivity contribution >= 4 is 11.8 Å². The molecule has 6 heteroatoms. The number of carbonyl (C=O) groups is 2. The van der Waals surface area contributed by atoms with Gasteiger partial charge in [0.2, 0.25) is 11.8 Å². The number of carbonyl (C=O) groups excluding carboxylic acids is 2. The molecule has 0 aliphatic carbocycles. The van der Waals surface area contributed by atoms with Gasteiger partial charge in [0.15, 0.2) is 11.5 Å². The average Bonchev–Trinajstić information content (AvgIpc) is 2.49. The first kappa shape index (κ1) is 17.8. The fourth-order valence-electron chi connectivity index (χ4n) is 1.93. The Morgan fingerprint density at radius 2 is 1.77 bits per heavy atom. The number of ether oxygens (including phenoxy) is 2. The van der Waals surface area contributed by atoms with Crippen LogP contribution in [-0.4, -0.2) is 38.6 Å². The Balaban J connectivity index is 2.42. The number of hydrogen-bond acceptors (Lipinski definition) is 4. The highest BCUT2D eigenvalue weighted by Crippen LogP contribution is 2.27. The van der Waals surface area contributed by atoms with Gasteiger partial charge in [-0.1, -0.05) is 6.07 Å². The van der Waals surface area contributed by atoms with Gasteiger partial charge in [0.25, 0.3) is 0 Å². The molecule has 0 spiro atoms. The number of rotatable bonds is 8. The predicted octanol–water partition coefficient (Wildman–Crippen LogP) is 1.28. The molecule has 22 heavy (non-hydrogen) atoms. The SMILES string of the molecule is COc1ccc(CCC(=O)NCC(=O)NC(C)C)cc1OC. The summed E-state index contributed by atoms with van der Waals surface area (Å²) >= 11 is 0. The van der Waals surface area contributed by atoms with Crippen LogP contribution in [0.2, 0.25) is 0 Å². The number of hydrogen-bond donors (Lipinski definition) is 2. The van der Waals surface area contributed by atoms with Crippen LogP contribution in [-0.2, 0) is 16.0 Å². The average molecular weight is 308 g/mol. The third-order valence-electron chi connectivity index (χ3n) is 2.98. The summed E-state index contributed by atoms with van der Waals surface area (Å²) in [6.07, 6.45) is 0.877. The van der Waals surface area contributed by atoms with E-state index < -0.39 is 0 Å². The standard InChI is InChI=1S/C16H24N2O4/c1-11(2)18-16(20)10-17-15(19)8-6-12-5-7-13(21-3)14(9-12)22-4/h5,7,9,11H,6,8,10H2,1-4H3,(H,17,19)(H,18,20). The van der Waals surface area contributed by atoms with Crippen LogP contribution >= 0.6 is 0 Å². The zero-order valence-corrected chi connectivity index (χ0v) is 13.6. The largest absolute Gasteiger partial charge is 0.493 e. The van der Waals surface area contributed by atoms with Gasteiger partial charge in [-0.15, -0.1) is 0 Å². The van der Waals surface area contributed by atoms with Gasteiger partial charge in [-0.2, -0.15) is 0 Å². The van der Waals surface area contributed by atoms with Gasteiger partial charge in [-0.3, -0.25) is 9.59 Å². The van der Waals surface area contributed by atoms with Gasteiger partial charge in [-0.25, -0.2) is 0 Å². The normalized spacial score (nSPS) is 10.2. The van der Waals surface area contributed by atoms with Gasteiger partial charge in [-0.05, 0) is 38.0 Å². The molecule has 0 atom stereocenters. The molecule has 0 bridgehead atoms. The number of aryl methyl sites for hydroxylation is 1. The molecule has 0 radical (unpaired) electrons. The van der Waals surface area contributed by atoms with Crippen molar-refractivity contribution < 1.29 is 19.1 Å². The molecule has 1 aromatic rings. The predicted molar refractivity (Wildman–Crippen MR) is 84.2 cm³/mol. The zero-order chi connectivity index (χ0) is 16.5. The Labute approximate surface area is 131 Å². The molecule has 0 aliphatic rings. The fourth-order valence-corrected chi connectivity index (χ4v) is 1.93. The van der Waals surface area contributed by atoms with Gasteiger partial charge in [0, 0.05) is 12.5 Å². The smallest absolute Gasteiger partial charge is 0.239 e. The molecule has 2 N–H and O–H groups in total. The van der Waals surface area contributed by atoms with Crippen molar-refractivity contribution in [1.82, 2.24) is 10.6 Å². The van der Waals surface area contributed by atoms with Crippen LogP contribution < -0.4 is 20.1 Å². The second kappa shape index (κ2) is 8.92. The van der Waals surface area contributed by atoms with Crippen molar-refractivity contribution in [1.29, 1.82) is 0 Å². The van der Waals surface area contributed by atoms with E-state index in [0.717, 1.165) is 5.56 Å². The van der Waals surface area contributed by atoms with Crippen molar-refractivity contribution in [3.63, 3.8) is 0 Å². The summed E-state index contributed by atoms with van der Waals surface area (Å²) in [7, 11) is 3.15. The van der Waals surface area contributed by atoms with Crippen LogP contribution in [0.25, 0.3) is 0 Å². The lowest BCUT2D eigenvalue weighted by Gasteiger charge is -2.10. The maximum atomic E-state index is 11.7. The van der Waals surface area contributed by atoms with E-state index in [9.17, 15) is 9.59 Å². The number of amides is 2. The Morgan fingerprint density at radius 1 is 1.09 bits per heavy atom. The molecular formula is C16H24N2O4. The monoisotopic (exact) mass is 308 g/mol. The number of benzene rings is 1. The molecular weight excluding hydrogens is 284 g/mol. The van der Waals surface area contributed by atoms with Crippen LogP contribution in [0.3, 0.4) is 0 Å². The first-order valence-electron chi connectivity index (χ1n) is 7.23. The summed E-state index contributed by atoms with van der Waals surface area (Å²) < 4.78 is 10.4. The van der Waals surface area contributed by atoms with E-state index in [1.165, 1.54) is 0 Å². The first-order valence-corrected chi connectivity index (χ1v) is 7.23. The van der Waals surface area contributed by atoms with E-state index in [1.54, 1.807) is 14.2 Å². The molecule has 0 aromatic heterocycles. The van der Waals surface area contributed by atoms with Crippen molar-refractivity contribution in [2.24, 2.45) is 0 Å². The van der Waals surface area contributed by atoms with E-state index in [4.69, 9.17) is 9.47 Å². The third-order valence-corrected chi connectivity index (χ3v) is 2.98. The highest BCUT2D eigenvalue weighted by atomic mass is 16.5. The van der Waals surface area contributed by atoms with Crippen LogP contribution in [0.1, 0.15) is 25.8 Å². The van der Waals surface area contributed by atoms with Gasteiger partial charge in [0.1, 0.15) is 0 Å². The summed E-state index contributed by atoms with van der Waals surface area (Å²) in [5.74, 6) is 0.945. The molecule has 0 heterocycles. The quantitative estimate of drug-likeness (QED) is 0.758. The summed E-state index contributed by atoms with van der Waals surface area (Å²) in [6.45, 7) is 3.75. The van der Waals surface area contributed by atoms with Crippen LogP contribution in [0, 0.1) is 0 Å². The highest BCUT2D eigenvalue weighted by Gasteiger charge is 2.08. The molecule has 0 saturated heterocycles. The Bertz CT molecular complexity index is 515. The topological polar surface area (TPSA) is 76.7 Å². The zero-order valence-electron chi connectivity index (χ0n) is 13.6. The van der Waals surface area contributed by atoms with Crippen LogP contribution in [0.15, 0.2) is 18.2 Å². The second-order valence-electron chi connectivity index (χ2n) is 5.19. The minimum atomic E-state index is -0.186. The first-order chi connectivity index (χ1) is 10.5. The van der Waals surface area contributed by atoms with Gasteiger partial charge >= 0.3 is 0 Å². The maximum Gasteiger partial charge on any atom is 0.239 e. The molecule has 122 valence electrons. The fraction of sp³-hybridized carbons (Fsp3) is 0.500. The minimum absolute atomic E-state index is 0.00292. The summed E-state index contributed by atoms with van der Waals surface area (Å²) in [5.41, 5.74) is 0.972. The molecule has 6 nitrogen and oxygen atoms in total. The van der Waals surface area contributed by atoms with E-state index >= 15 is 0 Å². The van der Waals surface area contributed by atoms with E-state index in [1.807, 2.05) is 32.0 Å². The van der Waals surface area contributed by atoms with Gasteiger partial charge < -0.3 is 20.1 Å². The minimum Gasteiger partial charge on any atom is -0.493 e. The van der Waals surface area contributed by atoms with Crippen molar-refractivity contribution in [2.75, 3.05) is 20.8 Å². The molecule has 1 aromatic carbocycles. The van der Waals surface area contributed by atoms with E-state index in [0.29, 0.717) is 24.3 Å². The summed E-state index contributed by atoms with van der Waals surface area (Å²) in [4.78, 5) is 23.2. The third kappa shape index (κ3) is 6.03.